The summed E-state index contributed by atoms with van der Waals surface area (Å²) in [6.07, 6.45) is 1.24. The van der Waals surface area contributed by atoms with E-state index in [1.165, 1.54) is 4.90 Å². The minimum Gasteiger partial charge on any atom is -0.484 e. The van der Waals surface area contributed by atoms with Gasteiger partial charge in [0, 0.05) is 31.8 Å². The van der Waals surface area contributed by atoms with Gasteiger partial charge in [0.1, 0.15) is 11.8 Å². The fourth-order valence-electron chi connectivity index (χ4n) is 2.97. The standard InChI is InChI=1S/C23H27Cl2IN2O3/c1-4-15(3)27-23(30)21(5-2)28(13-18-19(24)7-6-8-20(18)25)22(29)14-31-17-11-9-16(26)10-12-17/h6-12,15,21H,4-5,13-14H2,1-3H3,(H,27,30)/t15-,21-/m0/s1. The number of hydrogen-bond acceptors (Lipinski definition) is 3. The maximum Gasteiger partial charge on any atom is 0.261 e. The van der Waals surface area contributed by atoms with Gasteiger partial charge in [0.2, 0.25) is 5.91 Å². The molecule has 168 valence electrons. The summed E-state index contributed by atoms with van der Waals surface area (Å²) in [6, 6.07) is 11.9. The lowest BCUT2D eigenvalue weighted by molar-refractivity contribution is -0.143. The van der Waals surface area contributed by atoms with Crippen molar-refractivity contribution < 1.29 is 14.3 Å². The molecule has 0 spiro atoms. The number of carbonyl (C=O) groups is 2. The number of halogens is 3. The van der Waals surface area contributed by atoms with E-state index in [1.54, 1.807) is 30.3 Å². The molecule has 2 rings (SSSR count). The third-order valence-electron chi connectivity index (χ3n) is 4.95. The second-order valence-electron chi connectivity index (χ2n) is 7.21. The van der Waals surface area contributed by atoms with Crippen molar-refractivity contribution in [1.82, 2.24) is 10.2 Å². The Labute approximate surface area is 207 Å². The van der Waals surface area contributed by atoms with Crippen LogP contribution in [0.15, 0.2) is 42.5 Å². The molecule has 0 unspecified atom stereocenters. The van der Waals surface area contributed by atoms with Crippen molar-refractivity contribution in [2.24, 2.45) is 0 Å². The lowest BCUT2D eigenvalue weighted by Gasteiger charge is -2.31. The van der Waals surface area contributed by atoms with Gasteiger partial charge in [-0.1, -0.05) is 43.1 Å². The molecule has 0 fully saturated rings. The quantitative estimate of drug-likeness (QED) is 0.369. The minimum absolute atomic E-state index is 0.00504. The van der Waals surface area contributed by atoms with Gasteiger partial charge in [-0.05, 0) is 78.8 Å². The summed E-state index contributed by atoms with van der Waals surface area (Å²) in [5.74, 6) is 0.0601. The zero-order valence-corrected chi connectivity index (χ0v) is 21.5. The highest BCUT2D eigenvalue weighted by atomic mass is 127. The van der Waals surface area contributed by atoms with Gasteiger partial charge in [-0.15, -0.1) is 0 Å². The molecule has 2 aromatic rings. The van der Waals surface area contributed by atoms with E-state index >= 15 is 0 Å². The van der Waals surface area contributed by atoms with Crippen molar-refractivity contribution in [1.29, 1.82) is 0 Å². The van der Waals surface area contributed by atoms with Crippen LogP contribution in [-0.4, -0.2) is 35.4 Å². The molecule has 0 aromatic heterocycles. The van der Waals surface area contributed by atoms with Crippen LogP contribution in [-0.2, 0) is 16.1 Å². The Morgan fingerprint density at radius 2 is 1.68 bits per heavy atom. The van der Waals surface area contributed by atoms with Gasteiger partial charge in [-0.25, -0.2) is 0 Å². The maximum atomic E-state index is 13.2. The highest BCUT2D eigenvalue weighted by Gasteiger charge is 2.30. The van der Waals surface area contributed by atoms with Gasteiger partial charge in [-0.2, -0.15) is 0 Å². The summed E-state index contributed by atoms with van der Waals surface area (Å²) in [5.41, 5.74) is 0.600. The van der Waals surface area contributed by atoms with Gasteiger partial charge >= 0.3 is 0 Å². The van der Waals surface area contributed by atoms with E-state index in [9.17, 15) is 9.59 Å². The topological polar surface area (TPSA) is 58.6 Å². The first-order chi connectivity index (χ1) is 14.8. The monoisotopic (exact) mass is 576 g/mol. The van der Waals surface area contributed by atoms with Crippen molar-refractivity contribution >= 4 is 57.6 Å². The number of carbonyl (C=O) groups excluding carboxylic acids is 2. The summed E-state index contributed by atoms with van der Waals surface area (Å²) in [7, 11) is 0. The van der Waals surface area contributed by atoms with Gasteiger partial charge in [0.25, 0.3) is 5.91 Å². The summed E-state index contributed by atoms with van der Waals surface area (Å²) in [5, 5.41) is 3.86. The van der Waals surface area contributed by atoms with E-state index in [0.29, 0.717) is 27.8 Å². The SMILES string of the molecule is CC[C@H](C)NC(=O)[C@H](CC)N(Cc1c(Cl)cccc1Cl)C(=O)COc1ccc(I)cc1. The Hall–Kier alpha value is -1.51. The number of amides is 2. The fourth-order valence-corrected chi connectivity index (χ4v) is 3.85. The highest BCUT2D eigenvalue weighted by Crippen LogP contribution is 2.27. The zero-order valence-electron chi connectivity index (χ0n) is 17.8. The van der Waals surface area contributed by atoms with Crippen LogP contribution >= 0.6 is 45.8 Å². The summed E-state index contributed by atoms with van der Waals surface area (Å²) >= 11 is 14.9. The molecule has 0 heterocycles. The van der Waals surface area contributed by atoms with Crippen LogP contribution in [0.4, 0.5) is 0 Å². The van der Waals surface area contributed by atoms with Crippen LogP contribution in [0, 0.1) is 3.57 Å². The van der Waals surface area contributed by atoms with E-state index in [4.69, 9.17) is 27.9 Å². The second-order valence-corrected chi connectivity index (χ2v) is 9.27. The predicted octanol–water partition coefficient (Wildman–Crippen LogP) is 5.70. The van der Waals surface area contributed by atoms with Gasteiger partial charge in [0.15, 0.2) is 6.61 Å². The highest BCUT2D eigenvalue weighted by molar-refractivity contribution is 14.1. The number of nitrogens with one attached hydrogen (secondary N) is 1. The molecule has 0 saturated heterocycles. The van der Waals surface area contributed by atoms with E-state index < -0.39 is 6.04 Å². The zero-order chi connectivity index (χ0) is 23.0. The van der Waals surface area contributed by atoms with Crippen LogP contribution in [0.5, 0.6) is 5.75 Å². The number of hydrogen-bond donors (Lipinski definition) is 1. The molecule has 0 aliphatic carbocycles. The first-order valence-corrected chi connectivity index (χ1v) is 12.0. The molecular weight excluding hydrogens is 550 g/mol. The number of rotatable bonds is 10. The van der Waals surface area contributed by atoms with Gasteiger partial charge in [0.05, 0.1) is 0 Å². The van der Waals surface area contributed by atoms with Gasteiger partial charge < -0.3 is 15.0 Å². The van der Waals surface area contributed by atoms with Crippen LogP contribution in [0.2, 0.25) is 10.0 Å². The van der Waals surface area contributed by atoms with E-state index in [0.717, 1.165) is 9.99 Å². The molecule has 0 aliphatic heterocycles. The summed E-state index contributed by atoms with van der Waals surface area (Å²) < 4.78 is 6.75. The van der Waals surface area contributed by atoms with Crippen LogP contribution in [0.3, 0.4) is 0 Å². The maximum absolute atomic E-state index is 13.2. The van der Waals surface area contributed by atoms with Crippen molar-refractivity contribution in [3.05, 3.63) is 61.6 Å². The molecule has 31 heavy (non-hydrogen) atoms. The van der Waals surface area contributed by atoms with E-state index in [2.05, 4.69) is 27.9 Å². The van der Waals surface area contributed by atoms with E-state index in [-0.39, 0.29) is 31.0 Å². The minimum atomic E-state index is -0.672. The second kappa shape index (κ2) is 12.5. The largest absolute Gasteiger partial charge is 0.484 e. The lowest BCUT2D eigenvalue weighted by atomic mass is 10.1. The molecule has 5 nitrogen and oxygen atoms in total. The fraction of sp³-hybridized carbons (Fsp3) is 0.391. The molecule has 0 radical (unpaired) electrons. The molecule has 0 saturated carbocycles. The Kier molecular flexibility index (Phi) is 10.4. The third kappa shape index (κ3) is 7.54. The van der Waals surface area contributed by atoms with Crippen molar-refractivity contribution in [3.8, 4) is 5.75 Å². The number of benzene rings is 2. The van der Waals surface area contributed by atoms with Crippen molar-refractivity contribution in [2.45, 2.75) is 52.2 Å². The smallest absolute Gasteiger partial charge is 0.261 e. The van der Waals surface area contributed by atoms with Gasteiger partial charge in [-0.3, -0.25) is 9.59 Å². The first-order valence-electron chi connectivity index (χ1n) is 10.2. The summed E-state index contributed by atoms with van der Waals surface area (Å²) in [4.78, 5) is 27.7. The summed E-state index contributed by atoms with van der Waals surface area (Å²) in [6.45, 7) is 5.71. The molecular formula is C23H27Cl2IN2O3. The van der Waals surface area contributed by atoms with Crippen LogP contribution in [0.1, 0.15) is 39.2 Å². The number of nitrogens with zero attached hydrogens (tertiary/aromatic N) is 1. The van der Waals surface area contributed by atoms with Crippen LogP contribution < -0.4 is 10.1 Å². The Morgan fingerprint density at radius 3 is 2.23 bits per heavy atom. The Balaban J connectivity index is 2.27. The average molecular weight is 577 g/mol. The Bertz CT molecular complexity index is 873. The molecule has 0 bridgehead atoms. The normalized spacial score (nSPS) is 12.7. The predicted molar refractivity (Wildman–Crippen MR) is 134 cm³/mol. The molecule has 2 atom stereocenters. The van der Waals surface area contributed by atoms with Crippen molar-refractivity contribution in [3.63, 3.8) is 0 Å². The first kappa shape index (κ1) is 25.7. The molecule has 8 heteroatoms. The molecule has 2 amide bonds. The molecule has 2 aromatic carbocycles. The van der Waals surface area contributed by atoms with Crippen molar-refractivity contribution in [2.75, 3.05) is 6.61 Å². The van der Waals surface area contributed by atoms with E-state index in [1.807, 2.05) is 32.9 Å². The Morgan fingerprint density at radius 1 is 1.06 bits per heavy atom. The van der Waals surface area contributed by atoms with Crippen LogP contribution in [0.25, 0.3) is 0 Å². The molecule has 1 N–H and O–H groups in total. The average Bonchev–Trinajstić information content (AvgIpc) is 2.74. The molecule has 0 aliphatic rings. The lowest BCUT2D eigenvalue weighted by Crippen LogP contribution is -2.51. The number of ether oxygens (including phenoxy) is 1. The third-order valence-corrected chi connectivity index (χ3v) is 6.38.